The van der Waals surface area contributed by atoms with Gasteiger partial charge in [-0.15, -0.1) is 0 Å². The van der Waals surface area contributed by atoms with Crippen LogP contribution < -0.4 is 5.32 Å². The van der Waals surface area contributed by atoms with Gasteiger partial charge in [-0.2, -0.15) is 0 Å². The summed E-state index contributed by atoms with van der Waals surface area (Å²) in [5.74, 6) is -0.312. The van der Waals surface area contributed by atoms with Crippen molar-refractivity contribution in [3.05, 3.63) is 34.6 Å². The molecule has 1 N–H and O–H groups in total. The van der Waals surface area contributed by atoms with Crippen LogP contribution in [0, 0.1) is 5.82 Å². The van der Waals surface area contributed by atoms with Gasteiger partial charge in [0.2, 0.25) is 0 Å². The molecule has 3 heteroatoms. The van der Waals surface area contributed by atoms with Crippen molar-refractivity contribution in [3.63, 3.8) is 0 Å². The Labute approximate surface area is 82.9 Å². The molecule has 0 fully saturated rings. The fourth-order valence-corrected chi connectivity index (χ4v) is 1.28. The van der Waals surface area contributed by atoms with E-state index in [1.807, 2.05) is 0 Å². The van der Waals surface area contributed by atoms with E-state index >= 15 is 0 Å². The highest BCUT2D eigenvalue weighted by atomic mass is 35.5. The third-order valence-corrected chi connectivity index (χ3v) is 2.07. The Hall–Kier alpha value is -0.600. The van der Waals surface area contributed by atoms with Gasteiger partial charge in [0.05, 0.1) is 5.02 Å². The van der Waals surface area contributed by atoms with Gasteiger partial charge in [-0.1, -0.05) is 30.7 Å². The van der Waals surface area contributed by atoms with Gasteiger partial charge in [-0.05, 0) is 19.0 Å². The highest BCUT2D eigenvalue weighted by molar-refractivity contribution is 6.30. The summed E-state index contributed by atoms with van der Waals surface area (Å²) in [5, 5.41) is 3.31. The lowest BCUT2D eigenvalue weighted by Gasteiger charge is -2.05. The van der Waals surface area contributed by atoms with Crippen LogP contribution in [0.2, 0.25) is 5.02 Å². The van der Waals surface area contributed by atoms with E-state index in [-0.39, 0.29) is 10.8 Å². The molecule has 0 amide bonds. The second-order valence-corrected chi connectivity index (χ2v) is 3.30. The number of hydrogen-bond acceptors (Lipinski definition) is 1. The van der Waals surface area contributed by atoms with Crippen molar-refractivity contribution in [2.75, 3.05) is 6.54 Å². The first-order valence-electron chi connectivity index (χ1n) is 4.39. The van der Waals surface area contributed by atoms with Gasteiger partial charge >= 0.3 is 0 Å². The second-order valence-electron chi connectivity index (χ2n) is 2.89. The average molecular weight is 202 g/mol. The lowest BCUT2D eigenvalue weighted by molar-refractivity contribution is 0.587. The molecule has 0 bridgehead atoms. The minimum absolute atomic E-state index is 0.191. The molecule has 13 heavy (non-hydrogen) atoms. The summed E-state index contributed by atoms with van der Waals surface area (Å²) in [6.07, 6.45) is 1.04. The van der Waals surface area contributed by atoms with Crippen LogP contribution in [0.15, 0.2) is 18.2 Å². The fraction of sp³-hybridized carbons (Fsp3) is 0.400. The van der Waals surface area contributed by atoms with Gasteiger partial charge in [-0.3, -0.25) is 0 Å². The van der Waals surface area contributed by atoms with Crippen molar-refractivity contribution in [2.45, 2.75) is 19.9 Å². The summed E-state index contributed by atoms with van der Waals surface area (Å²) >= 11 is 5.62. The van der Waals surface area contributed by atoms with Crippen molar-refractivity contribution in [1.82, 2.24) is 5.32 Å². The van der Waals surface area contributed by atoms with Gasteiger partial charge in [0.1, 0.15) is 5.82 Å². The summed E-state index contributed by atoms with van der Waals surface area (Å²) in [4.78, 5) is 0. The molecule has 1 rings (SSSR count). The molecule has 1 aromatic carbocycles. The molecule has 0 aromatic heterocycles. The molecule has 0 unspecified atom stereocenters. The number of benzene rings is 1. The van der Waals surface area contributed by atoms with Gasteiger partial charge in [0.25, 0.3) is 0 Å². The molecule has 0 aliphatic carbocycles. The Morgan fingerprint density at radius 1 is 1.46 bits per heavy atom. The fourth-order valence-electron chi connectivity index (χ4n) is 1.08. The smallest absolute Gasteiger partial charge is 0.146 e. The van der Waals surface area contributed by atoms with Crippen LogP contribution in [-0.2, 0) is 6.54 Å². The van der Waals surface area contributed by atoms with E-state index in [0.717, 1.165) is 13.0 Å². The molecule has 0 spiro atoms. The van der Waals surface area contributed by atoms with E-state index in [9.17, 15) is 4.39 Å². The summed E-state index contributed by atoms with van der Waals surface area (Å²) in [6, 6.07) is 5.05. The molecule has 0 saturated carbocycles. The first kappa shape index (κ1) is 10.5. The Morgan fingerprint density at radius 3 is 2.92 bits per heavy atom. The third kappa shape index (κ3) is 2.98. The van der Waals surface area contributed by atoms with Crippen molar-refractivity contribution in [1.29, 1.82) is 0 Å². The minimum atomic E-state index is -0.312. The van der Waals surface area contributed by atoms with E-state index in [2.05, 4.69) is 12.2 Å². The Kier molecular flexibility index (Phi) is 4.19. The van der Waals surface area contributed by atoms with E-state index in [0.29, 0.717) is 12.1 Å². The number of halogens is 2. The van der Waals surface area contributed by atoms with E-state index in [1.165, 1.54) is 0 Å². The first-order valence-corrected chi connectivity index (χ1v) is 4.77. The second kappa shape index (κ2) is 5.20. The van der Waals surface area contributed by atoms with Crippen LogP contribution in [0.25, 0.3) is 0 Å². The molecular formula is C10H13ClFN. The zero-order chi connectivity index (χ0) is 9.68. The van der Waals surface area contributed by atoms with Gasteiger partial charge in [-0.25, -0.2) is 4.39 Å². The molecular weight excluding hydrogens is 189 g/mol. The van der Waals surface area contributed by atoms with Gasteiger partial charge < -0.3 is 5.32 Å². The molecule has 0 atom stereocenters. The first-order chi connectivity index (χ1) is 6.25. The van der Waals surface area contributed by atoms with Crippen LogP contribution in [0.1, 0.15) is 18.9 Å². The largest absolute Gasteiger partial charge is 0.313 e. The van der Waals surface area contributed by atoms with Crippen LogP contribution in [-0.4, -0.2) is 6.54 Å². The Balaban J connectivity index is 2.61. The monoisotopic (exact) mass is 201 g/mol. The number of nitrogens with one attached hydrogen (secondary N) is 1. The highest BCUT2D eigenvalue weighted by Crippen LogP contribution is 2.17. The van der Waals surface area contributed by atoms with Crippen molar-refractivity contribution in [2.24, 2.45) is 0 Å². The lowest BCUT2D eigenvalue weighted by Crippen LogP contribution is -2.14. The van der Waals surface area contributed by atoms with Gasteiger partial charge in [0, 0.05) is 12.1 Å². The number of rotatable bonds is 4. The minimum Gasteiger partial charge on any atom is -0.313 e. The Bertz CT molecular complexity index is 276. The zero-order valence-electron chi connectivity index (χ0n) is 7.61. The molecule has 0 saturated heterocycles. The summed E-state index contributed by atoms with van der Waals surface area (Å²) in [5.41, 5.74) is 0.626. The average Bonchev–Trinajstić information content (AvgIpc) is 2.13. The van der Waals surface area contributed by atoms with E-state index in [1.54, 1.807) is 18.2 Å². The van der Waals surface area contributed by atoms with Crippen molar-refractivity contribution < 1.29 is 4.39 Å². The quantitative estimate of drug-likeness (QED) is 0.739. The molecule has 1 nitrogen and oxygen atoms in total. The third-order valence-electron chi connectivity index (χ3n) is 1.77. The maximum Gasteiger partial charge on any atom is 0.146 e. The van der Waals surface area contributed by atoms with Crippen LogP contribution in [0.4, 0.5) is 4.39 Å². The lowest BCUT2D eigenvalue weighted by atomic mass is 10.2. The molecule has 0 aliphatic heterocycles. The summed E-state index contributed by atoms with van der Waals surface area (Å²) in [7, 11) is 0. The predicted molar refractivity (Wildman–Crippen MR) is 53.4 cm³/mol. The standard InChI is InChI=1S/C10H13ClFN/c1-2-6-13-7-8-4-3-5-9(11)10(8)12/h3-5,13H,2,6-7H2,1H3. The molecule has 72 valence electrons. The zero-order valence-corrected chi connectivity index (χ0v) is 8.37. The maximum absolute atomic E-state index is 13.3. The summed E-state index contributed by atoms with van der Waals surface area (Å²) < 4.78 is 13.3. The van der Waals surface area contributed by atoms with Crippen molar-refractivity contribution >= 4 is 11.6 Å². The molecule has 0 aliphatic rings. The van der Waals surface area contributed by atoms with Crippen LogP contribution >= 0.6 is 11.6 Å². The van der Waals surface area contributed by atoms with Crippen LogP contribution in [0.3, 0.4) is 0 Å². The van der Waals surface area contributed by atoms with Gasteiger partial charge in [0.15, 0.2) is 0 Å². The van der Waals surface area contributed by atoms with E-state index < -0.39 is 0 Å². The van der Waals surface area contributed by atoms with Crippen LogP contribution in [0.5, 0.6) is 0 Å². The Morgan fingerprint density at radius 2 is 2.23 bits per heavy atom. The number of hydrogen-bond donors (Lipinski definition) is 1. The topological polar surface area (TPSA) is 12.0 Å². The molecule has 0 radical (unpaired) electrons. The normalized spacial score (nSPS) is 10.4. The highest BCUT2D eigenvalue weighted by Gasteiger charge is 2.04. The molecule has 0 heterocycles. The van der Waals surface area contributed by atoms with E-state index in [4.69, 9.17) is 11.6 Å². The molecule has 1 aromatic rings. The van der Waals surface area contributed by atoms with Crippen molar-refractivity contribution in [3.8, 4) is 0 Å². The summed E-state index contributed by atoms with van der Waals surface area (Å²) in [6.45, 7) is 3.51. The predicted octanol–water partition coefficient (Wildman–Crippen LogP) is 2.98. The SMILES string of the molecule is CCCNCc1cccc(Cl)c1F. The maximum atomic E-state index is 13.3.